The van der Waals surface area contributed by atoms with Crippen LogP contribution >= 0.6 is 0 Å². The summed E-state index contributed by atoms with van der Waals surface area (Å²) < 4.78 is 4.67. The van der Waals surface area contributed by atoms with Crippen LogP contribution in [0.2, 0.25) is 0 Å². The lowest BCUT2D eigenvalue weighted by atomic mass is 9.98. The van der Waals surface area contributed by atoms with E-state index in [1.807, 2.05) is 6.92 Å². The molecule has 0 aliphatic carbocycles. The summed E-state index contributed by atoms with van der Waals surface area (Å²) in [7, 11) is 1.79. The summed E-state index contributed by atoms with van der Waals surface area (Å²) >= 11 is 0. The van der Waals surface area contributed by atoms with E-state index in [1.54, 1.807) is 22.5 Å². The summed E-state index contributed by atoms with van der Waals surface area (Å²) in [4.78, 5) is 29.4. The quantitative estimate of drug-likeness (QED) is 0.858. The van der Waals surface area contributed by atoms with Gasteiger partial charge in [-0.2, -0.15) is 0 Å². The molecule has 3 rings (SSSR count). The van der Waals surface area contributed by atoms with E-state index in [2.05, 4.69) is 10.3 Å². The van der Waals surface area contributed by atoms with Crippen molar-refractivity contribution in [1.29, 1.82) is 0 Å². The lowest BCUT2D eigenvalue weighted by Crippen LogP contribution is -2.43. The summed E-state index contributed by atoms with van der Waals surface area (Å²) in [5.74, 6) is 0.382. The highest BCUT2D eigenvalue weighted by Gasteiger charge is 2.20. The van der Waals surface area contributed by atoms with Gasteiger partial charge in [0.25, 0.3) is 5.56 Å². The third-order valence-corrected chi connectivity index (χ3v) is 4.30. The number of rotatable bonds is 3. The van der Waals surface area contributed by atoms with E-state index in [-0.39, 0.29) is 11.2 Å². The van der Waals surface area contributed by atoms with E-state index in [4.69, 9.17) is 0 Å². The van der Waals surface area contributed by atoms with E-state index in [1.165, 1.54) is 4.57 Å². The summed E-state index contributed by atoms with van der Waals surface area (Å²) in [6.07, 6.45) is 3.59. The Morgan fingerprint density at radius 2 is 2.00 bits per heavy atom. The average molecular weight is 291 g/mol. The number of nitrogens with zero attached hydrogens (tertiary/aromatic N) is 4. The molecule has 114 valence electrons. The monoisotopic (exact) mass is 291 g/mol. The normalized spacial score (nSPS) is 16.7. The molecule has 1 aliphatic heterocycles. The van der Waals surface area contributed by atoms with Gasteiger partial charge in [-0.15, -0.1) is 0 Å². The molecule has 0 spiro atoms. The molecule has 0 atom stereocenters. The molecule has 2 aromatic heterocycles. The second kappa shape index (κ2) is 5.48. The Balaban J connectivity index is 2.15. The largest absolute Gasteiger partial charge is 0.332 e. The van der Waals surface area contributed by atoms with Gasteiger partial charge in [0.15, 0.2) is 11.2 Å². The van der Waals surface area contributed by atoms with Crippen LogP contribution in [0.15, 0.2) is 15.9 Å². The van der Waals surface area contributed by atoms with Crippen LogP contribution in [-0.4, -0.2) is 31.8 Å². The smallest absolute Gasteiger partial charge is 0.328 e. The summed E-state index contributed by atoms with van der Waals surface area (Å²) in [5.41, 5.74) is 0.521. The van der Waals surface area contributed by atoms with Crippen molar-refractivity contribution >= 4 is 11.2 Å². The summed E-state index contributed by atoms with van der Waals surface area (Å²) in [6.45, 7) is 4.82. The molecule has 21 heavy (non-hydrogen) atoms. The Hall–Kier alpha value is -1.89. The molecule has 0 bridgehead atoms. The number of piperidine rings is 1. The molecular weight excluding hydrogens is 270 g/mol. The maximum absolute atomic E-state index is 12.6. The molecular formula is C14H21N5O2. The standard InChI is InChI=1S/C14H21N5O2/c1-3-18-12-11(17(2)9-16-12)13(20)19(14(18)21)8-10-4-6-15-7-5-10/h9-10,15H,3-8H2,1-2H3. The molecule has 2 aromatic rings. The van der Waals surface area contributed by atoms with Crippen molar-refractivity contribution in [3.05, 3.63) is 27.2 Å². The van der Waals surface area contributed by atoms with Gasteiger partial charge in [0.2, 0.25) is 0 Å². The highest BCUT2D eigenvalue weighted by Crippen LogP contribution is 2.13. The van der Waals surface area contributed by atoms with E-state index in [9.17, 15) is 9.59 Å². The molecule has 1 saturated heterocycles. The highest BCUT2D eigenvalue weighted by molar-refractivity contribution is 5.69. The number of imidazole rings is 1. The van der Waals surface area contributed by atoms with Gasteiger partial charge >= 0.3 is 5.69 Å². The Kier molecular flexibility index (Phi) is 3.67. The van der Waals surface area contributed by atoms with Crippen LogP contribution in [-0.2, 0) is 20.1 Å². The molecule has 1 N–H and O–H groups in total. The number of aromatic nitrogens is 4. The third-order valence-electron chi connectivity index (χ3n) is 4.30. The first-order valence-electron chi connectivity index (χ1n) is 7.48. The first kappa shape index (κ1) is 14.1. The lowest BCUT2D eigenvalue weighted by molar-refractivity contribution is 0.322. The second-order valence-electron chi connectivity index (χ2n) is 5.66. The second-order valence-corrected chi connectivity index (χ2v) is 5.66. The fourth-order valence-corrected chi connectivity index (χ4v) is 3.08. The van der Waals surface area contributed by atoms with Gasteiger partial charge in [-0.05, 0) is 38.8 Å². The zero-order valence-electron chi connectivity index (χ0n) is 12.5. The Bertz CT molecular complexity index is 764. The van der Waals surface area contributed by atoms with Crippen molar-refractivity contribution in [2.45, 2.75) is 32.9 Å². The number of fused-ring (bicyclic) bond motifs is 1. The van der Waals surface area contributed by atoms with Gasteiger partial charge in [-0.1, -0.05) is 0 Å². The maximum atomic E-state index is 12.6. The molecule has 7 nitrogen and oxygen atoms in total. The van der Waals surface area contributed by atoms with Crippen LogP contribution in [0.1, 0.15) is 19.8 Å². The average Bonchev–Trinajstić information content (AvgIpc) is 2.87. The van der Waals surface area contributed by atoms with E-state index in [0.29, 0.717) is 30.2 Å². The molecule has 0 aromatic carbocycles. The van der Waals surface area contributed by atoms with Gasteiger partial charge in [0.05, 0.1) is 6.33 Å². The summed E-state index contributed by atoms with van der Waals surface area (Å²) in [5, 5.41) is 3.30. The van der Waals surface area contributed by atoms with Crippen molar-refractivity contribution in [2.75, 3.05) is 13.1 Å². The Morgan fingerprint density at radius 3 is 2.67 bits per heavy atom. The van der Waals surface area contributed by atoms with Gasteiger partial charge in [-0.3, -0.25) is 13.9 Å². The number of aryl methyl sites for hydroxylation is 2. The van der Waals surface area contributed by atoms with E-state index >= 15 is 0 Å². The Labute approximate surface area is 122 Å². The fraction of sp³-hybridized carbons (Fsp3) is 0.643. The van der Waals surface area contributed by atoms with Crippen LogP contribution < -0.4 is 16.6 Å². The molecule has 0 amide bonds. The molecule has 0 saturated carbocycles. The SMILES string of the molecule is CCn1c(=O)n(CC2CCNCC2)c(=O)c2c1ncn2C. The van der Waals surface area contributed by atoms with Gasteiger partial charge in [0.1, 0.15) is 0 Å². The van der Waals surface area contributed by atoms with Gasteiger partial charge in [0, 0.05) is 20.1 Å². The zero-order chi connectivity index (χ0) is 15.0. The minimum atomic E-state index is -0.243. The highest BCUT2D eigenvalue weighted by atomic mass is 16.2. The molecule has 1 aliphatic rings. The molecule has 0 radical (unpaired) electrons. The van der Waals surface area contributed by atoms with Crippen molar-refractivity contribution in [1.82, 2.24) is 24.0 Å². The minimum absolute atomic E-state index is 0.224. The van der Waals surface area contributed by atoms with Gasteiger partial charge < -0.3 is 9.88 Å². The lowest BCUT2D eigenvalue weighted by Gasteiger charge is -2.23. The predicted octanol–water partition coefficient (Wildman–Crippen LogP) is -0.0838. The number of nitrogens with one attached hydrogen (secondary N) is 1. The van der Waals surface area contributed by atoms with Gasteiger partial charge in [-0.25, -0.2) is 9.78 Å². The first-order chi connectivity index (χ1) is 10.1. The van der Waals surface area contributed by atoms with Crippen molar-refractivity contribution < 1.29 is 0 Å². The van der Waals surface area contributed by atoms with E-state index < -0.39 is 0 Å². The minimum Gasteiger partial charge on any atom is -0.328 e. The maximum Gasteiger partial charge on any atom is 0.332 e. The van der Waals surface area contributed by atoms with Crippen molar-refractivity contribution in [3.8, 4) is 0 Å². The van der Waals surface area contributed by atoms with Crippen LogP contribution in [0.4, 0.5) is 0 Å². The first-order valence-corrected chi connectivity index (χ1v) is 7.48. The van der Waals surface area contributed by atoms with Crippen molar-refractivity contribution in [2.24, 2.45) is 13.0 Å². The van der Waals surface area contributed by atoms with Crippen LogP contribution in [0.3, 0.4) is 0 Å². The fourth-order valence-electron chi connectivity index (χ4n) is 3.08. The summed E-state index contributed by atoms with van der Waals surface area (Å²) in [6, 6.07) is 0. The third kappa shape index (κ3) is 2.31. The van der Waals surface area contributed by atoms with Crippen molar-refractivity contribution in [3.63, 3.8) is 0 Å². The molecule has 0 unspecified atom stereocenters. The zero-order valence-corrected chi connectivity index (χ0v) is 12.5. The molecule has 3 heterocycles. The topological polar surface area (TPSA) is 73.8 Å². The number of hydrogen-bond acceptors (Lipinski definition) is 4. The van der Waals surface area contributed by atoms with Crippen LogP contribution in [0, 0.1) is 5.92 Å². The van der Waals surface area contributed by atoms with Crippen LogP contribution in [0.5, 0.6) is 0 Å². The van der Waals surface area contributed by atoms with E-state index in [0.717, 1.165) is 25.9 Å². The number of hydrogen-bond donors (Lipinski definition) is 1. The Morgan fingerprint density at radius 1 is 1.29 bits per heavy atom. The molecule has 1 fully saturated rings. The molecule has 7 heteroatoms. The van der Waals surface area contributed by atoms with Crippen LogP contribution in [0.25, 0.3) is 11.2 Å². The predicted molar refractivity (Wildman–Crippen MR) is 80.5 cm³/mol.